The predicted octanol–water partition coefficient (Wildman–Crippen LogP) is 3.91. The van der Waals surface area contributed by atoms with Gasteiger partial charge in [0.2, 0.25) is 0 Å². The van der Waals surface area contributed by atoms with E-state index in [0.717, 1.165) is 24.0 Å². The Morgan fingerprint density at radius 1 is 0.792 bits per heavy atom. The minimum atomic E-state index is -1.10. The van der Waals surface area contributed by atoms with Crippen LogP contribution >= 0.6 is 0 Å². The van der Waals surface area contributed by atoms with E-state index in [0.29, 0.717) is 6.42 Å². The van der Waals surface area contributed by atoms with Gasteiger partial charge in [0.25, 0.3) is 0 Å². The van der Waals surface area contributed by atoms with Crippen LogP contribution in [0.4, 0.5) is 0 Å². The Morgan fingerprint density at radius 2 is 1.17 bits per heavy atom. The summed E-state index contributed by atoms with van der Waals surface area (Å²) in [5.41, 5.74) is 2.10. The van der Waals surface area contributed by atoms with Crippen LogP contribution in [0.3, 0.4) is 0 Å². The number of aliphatic hydroxyl groups is 2. The molecule has 0 atom stereocenters. The van der Waals surface area contributed by atoms with E-state index in [-0.39, 0.29) is 16.9 Å². The van der Waals surface area contributed by atoms with E-state index in [9.17, 15) is 10.2 Å². The molecule has 0 radical (unpaired) electrons. The van der Waals surface area contributed by atoms with Crippen molar-refractivity contribution in [1.29, 1.82) is 0 Å². The smallest absolute Gasteiger partial charge is 0.151 e. The second-order valence-electron chi connectivity index (χ2n) is 6.34. The first-order valence-corrected chi connectivity index (χ1v) is 8.22. The van der Waals surface area contributed by atoms with Crippen molar-refractivity contribution in [2.45, 2.75) is 51.7 Å². The number of unbranched alkanes of at least 4 members (excludes halogenated alkanes) is 1. The number of phenols is 2. The zero-order valence-electron chi connectivity index (χ0n) is 14.6. The summed E-state index contributed by atoms with van der Waals surface area (Å²) in [6.07, 6.45) is 1.34. The third-order valence-corrected chi connectivity index (χ3v) is 3.99. The Labute approximate surface area is 144 Å². The number of aromatic hydroxyl groups is 2. The van der Waals surface area contributed by atoms with Gasteiger partial charge < -0.3 is 20.4 Å². The molecule has 24 heavy (non-hydrogen) atoms. The summed E-state index contributed by atoms with van der Waals surface area (Å²) in [6.45, 7) is 6.25. The maximum Gasteiger partial charge on any atom is 0.151 e. The van der Waals surface area contributed by atoms with Gasteiger partial charge in [-0.1, -0.05) is 51.5 Å². The first kappa shape index (κ1) is 20.0. The quantitative estimate of drug-likeness (QED) is 0.626. The lowest BCUT2D eigenvalue weighted by molar-refractivity contribution is -0.0463. The molecule has 0 unspecified atom stereocenters. The van der Waals surface area contributed by atoms with Crippen molar-refractivity contribution in [2.75, 3.05) is 0 Å². The van der Waals surface area contributed by atoms with Crippen molar-refractivity contribution in [3.8, 4) is 11.5 Å². The molecule has 0 spiro atoms. The molecule has 0 aliphatic heterocycles. The average molecular weight is 332 g/mol. The number of hydrogen-bond acceptors (Lipinski definition) is 4. The third kappa shape index (κ3) is 6.22. The molecule has 0 fully saturated rings. The molecule has 0 heterocycles. The van der Waals surface area contributed by atoms with Crippen LogP contribution in [0.2, 0.25) is 0 Å². The largest absolute Gasteiger partial charge is 0.508 e. The van der Waals surface area contributed by atoms with Gasteiger partial charge in [-0.05, 0) is 48.2 Å². The molecule has 0 saturated carbocycles. The highest BCUT2D eigenvalue weighted by molar-refractivity contribution is 5.41. The Kier molecular flexibility index (Phi) is 7.75. The van der Waals surface area contributed by atoms with Crippen LogP contribution in [-0.2, 0) is 5.41 Å². The fourth-order valence-electron chi connectivity index (χ4n) is 2.31. The van der Waals surface area contributed by atoms with E-state index in [1.54, 1.807) is 24.3 Å². The van der Waals surface area contributed by atoms with Gasteiger partial charge in [-0.25, -0.2) is 0 Å². The normalized spacial score (nSPS) is 11.1. The highest BCUT2D eigenvalue weighted by atomic mass is 16.5. The fraction of sp³-hybridized carbons (Fsp3) is 0.400. The Bertz CT molecular complexity index is 539. The maximum absolute atomic E-state index is 9.30. The van der Waals surface area contributed by atoms with E-state index in [4.69, 9.17) is 10.2 Å². The molecule has 4 heteroatoms. The van der Waals surface area contributed by atoms with Gasteiger partial charge in [0.1, 0.15) is 11.5 Å². The van der Waals surface area contributed by atoms with Crippen molar-refractivity contribution in [1.82, 2.24) is 0 Å². The van der Waals surface area contributed by atoms with Crippen LogP contribution in [0.1, 0.15) is 51.2 Å². The number of aliphatic hydroxyl groups excluding tert-OH is 1. The van der Waals surface area contributed by atoms with Crippen LogP contribution in [0.25, 0.3) is 0 Å². The SMILES string of the molecule is CC(C)(c1ccc(O)cc1)c1ccc(O)cc1.CCCCC(O)O. The Morgan fingerprint density at radius 3 is 1.42 bits per heavy atom. The topological polar surface area (TPSA) is 80.9 Å². The molecule has 0 aromatic heterocycles. The molecule has 2 aromatic rings. The number of benzene rings is 2. The van der Waals surface area contributed by atoms with E-state index < -0.39 is 6.29 Å². The lowest BCUT2D eigenvalue weighted by atomic mass is 9.78. The van der Waals surface area contributed by atoms with Gasteiger partial charge in [-0.15, -0.1) is 0 Å². The Balaban J connectivity index is 0.000000351. The minimum Gasteiger partial charge on any atom is -0.508 e. The summed E-state index contributed by atoms with van der Waals surface area (Å²) < 4.78 is 0. The molecular weight excluding hydrogens is 304 g/mol. The summed E-state index contributed by atoms with van der Waals surface area (Å²) >= 11 is 0. The van der Waals surface area contributed by atoms with Gasteiger partial charge >= 0.3 is 0 Å². The molecule has 0 saturated heterocycles. The van der Waals surface area contributed by atoms with Crippen molar-refractivity contribution in [3.63, 3.8) is 0 Å². The number of hydrogen-bond donors (Lipinski definition) is 4. The van der Waals surface area contributed by atoms with Crippen molar-refractivity contribution >= 4 is 0 Å². The molecule has 2 rings (SSSR count). The lowest BCUT2D eigenvalue weighted by Gasteiger charge is -2.26. The average Bonchev–Trinajstić information content (AvgIpc) is 2.54. The summed E-state index contributed by atoms with van der Waals surface area (Å²) in [4.78, 5) is 0. The van der Waals surface area contributed by atoms with Gasteiger partial charge in [0, 0.05) is 5.41 Å². The maximum atomic E-state index is 9.30. The van der Waals surface area contributed by atoms with Crippen LogP contribution in [0, 0.1) is 0 Å². The summed E-state index contributed by atoms with van der Waals surface area (Å²) in [6, 6.07) is 14.4. The molecule has 132 valence electrons. The van der Waals surface area contributed by atoms with E-state index >= 15 is 0 Å². The Hall–Kier alpha value is -2.04. The second kappa shape index (κ2) is 9.30. The molecule has 0 aliphatic rings. The highest BCUT2D eigenvalue weighted by Crippen LogP contribution is 2.32. The number of phenolic OH excluding ortho intramolecular Hbond substituents is 2. The third-order valence-electron chi connectivity index (χ3n) is 3.99. The van der Waals surface area contributed by atoms with Crippen molar-refractivity contribution < 1.29 is 20.4 Å². The first-order chi connectivity index (χ1) is 11.3. The van der Waals surface area contributed by atoms with Crippen molar-refractivity contribution in [2.24, 2.45) is 0 Å². The first-order valence-electron chi connectivity index (χ1n) is 8.22. The molecular formula is C20H28O4. The second-order valence-corrected chi connectivity index (χ2v) is 6.34. The van der Waals surface area contributed by atoms with Gasteiger partial charge in [0.15, 0.2) is 6.29 Å². The van der Waals surface area contributed by atoms with Crippen LogP contribution in [0.5, 0.6) is 11.5 Å². The van der Waals surface area contributed by atoms with Gasteiger partial charge in [-0.2, -0.15) is 0 Å². The van der Waals surface area contributed by atoms with E-state index in [1.807, 2.05) is 31.2 Å². The molecule has 0 amide bonds. The standard InChI is InChI=1S/C15H16O2.C5H12O2/c1-15(2,11-3-7-13(16)8-4-11)12-5-9-14(17)10-6-12;1-2-3-4-5(6)7/h3-10,16-17H,1-2H3;5-7H,2-4H2,1H3. The molecule has 4 nitrogen and oxygen atoms in total. The minimum absolute atomic E-state index is 0.151. The zero-order valence-corrected chi connectivity index (χ0v) is 14.6. The predicted molar refractivity (Wildman–Crippen MR) is 96.1 cm³/mol. The fourth-order valence-corrected chi connectivity index (χ4v) is 2.31. The summed E-state index contributed by atoms with van der Waals surface area (Å²) in [5, 5.41) is 35.1. The molecule has 0 aliphatic carbocycles. The van der Waals surface area contributed by atoms with Crippen LogP contribution in [-0.4, -0.2) is 26.7 Å². The van der Waals surface area contributed by atoms with E-state index in [2.05, 4.69) is 13.8 Å². The molecule has 4 N–H and O–H groups in total. The van der Waals surface area contributed by atoms with E-state index in [1.165, 1.54) is 0 Å². The van der Waals surface area contributed by atoms with Gasteiger partial charge in [-0.3, -0.25) is 0 Å². The van der Waals surface area contributed by atoms with Crippen LogP contribution in [0.15, 0.2) is 48.5 Å². The van der Waals surface area contributed by atoms with Crippen molar-refractivity contribution in [3.05, 3.63) is 59.7 Å². The lowest BCUT2D eigenvalue weighted by Crippen LogP contribution is -2.18. The monoisotopic (exact) mass is 332 g/mol. The summed E-state index contributed by atoms with van der Waals surface area (Å²) in [7, 11) is 0. The zero-order chi connectivity index (χ0) is 18.2. The number of rotatable bonds is 5. The molecule has 2 aromatic carbocycles. The van der Waals surface area contributed by atoms with Gasteiger partial charge in [0.05, 0.1) is 0 Å². The van der Waals surface area contributed by atoms with Crippen LogP contribution < -0.4 is 0 Å². The molecule has 0 bridgehead atoms. The highest BCUT2D eigenvalue weighted by Gasteiger charge is 2.22. The summed E-state index contributed by atoms with van der Waals surface area (Å²) in [5.74, 6) is 0.547.